The second-order valence-corrected chi connectivity index (χ2v) is 10.1. The summed E-state index contributed by atoms with van der Waals surface area (Å²) in [6.07, 6.45) is 1.83. The molecule has 1 N–H and O–H groups in total. The number of nitrogens with one attached hydrogen (secondary N) is 1. The molecule has 0 saturated carbocycles. The van der Waals surface area contributed by atoms with Crippen LogP contribution in [0.3, 0.4) is 0 Å². The van der Waals surface area contributed by atoms with Crippen LogP contribution in [-0.4, -0.2) is 27.5 Å². The molecule has 0 saturated heterocycles. The van der Waals surface area contributed by atoms with E-state index >= 15 is 0 Å². The molecular formula is C20H19Cl2N3OS3. The van der Waals surface area contributed by atoms with Gasteiger partial charge in [0.05, 0.1) is 21.5 Å². The first-order valence-corrected chi connectivity index (χ1v) is 11.9. The number of aryl methyl sites for hydroxylation is 1. The van der Waals surface area contributed by atoms with Gasteiger partial charge in [-0.1, -0.05) is 76.6 Å². The van der Waals surface area contributed by atoms with Gasteiger partial charge in [-0.25, -0.2) is 4.68 Å². The van der Waals surface area contributed by atoms with Crippen LogP contribution in [0.1, 0.15) is 18.9 Å². The van der Waals surface area contributed by atoms with E-state index in [4.69, 9.17) is 35.4 Å². The van der Waals surface area contributed by atoms with Crippen molar-refractivity contribution in [1.29, 1.82) is 0 Å². The fourth-order valence-corrected chi connectivity index (χ4v) is 5.11. The second kappa shape index (κ2) is 10.6. The van der Waals surface area contributed by atoms with Gasteiger partial charge < -0.3 is 5.32 Å². The zero-order chi connectivity index (χ0) is 20.8. The van der Waals surface area contributed by atoms with Gasteiger partial charge in [-0.3, -0.25) is 4.79 Å². The monoisotopic (exact) mass is 483 g/mol. The number of carbonyl (C=O) groups excluding carboxylic acids is 1. The van der Waals surface area contributed by atoms with Gasteiger partial charge in [0.15, 0.2) is 8.29 Å². The lowest BCUT2D eigenvalue weighted by atomic mass is 10.1. The summed E-state index contributed by atoms with van der Waals surface area (Å²) >= 11 is 20.2. The molecule has 1 aromatic heterocycles. The number of halogens is 2. The normalized spacial score (nSPS) is 12.0. The maximum atomic E-state index is 12.3. The van der Waals surface area contributed by atoms with Crippen molar-refractivity contribution in [1.82, 2.24) is 15.1 Å². The Morgan fingerprint density at radius 2 is 2.00 bits per heavy atom. The summed E-state index contributed by atoms with van der Waals surface area (Å²) in [6.45, 7) is 2.02. The number of hydrogen-bond donors (Lipinski definition) is 1. The van der Waals surface area contributed by atoms with Crippen LogP contribution in [-0.2, 0) is 11.2 Å². The van der Waals surface area contributed by atoms with Crippen LogP contribution in [0.25, 0.3) is 5.69 Å². The van der Waals surface area contributed by atoms with E-state index in [1.165, 1.54) is 28.7 Å². The summed E-state index contributed by atoms with van der Waals surface area (Å²) < 4.78 is 2.95. The fraction of sp³-hybridized carbons (Fsp3) is 0.250. The lowest BCUT2D eigenvalue weighted by Crippen LogP contribution is -2.34. The lowest BCUT2D eigenvalue weighted by Gasteiger charge is -2.13. The van der Waals surface area contributed by atoms with Crippen LogP contribution in [0.5, 0.6) is 0 Å². The summed E-state index contributed by atoms with van der Waals surface area (Å²) in [5, 5.41) is 8.45. The minimum atomic E-state index is -0.0160. The predicted octanol–water partition coefficient (Wildman–Crippen LogP) is 6.20. The number of carbonyl (C=O) groups is 1. The molecule has 0 spiro atoms. The minimum Gasteiger partial charge on any atom is -0.353 e. The first kappa shape index (κ1) is 22.3. The SMILES string of the molecule is CC(CCc1ccccc1)NC(=O)CSc1nn(-c2ccc(Cl)c(Cl)c2)c(=S)s1. The predicted molar refractivity (Wildman–Crippen MR) is 125 cm³/mol. The van der Waals surface area contributed by atoms with Crippen molar-refractivity contribution in [3.63, 3.8) is 0 Å². The first-order chi connectivity index (χ1) is 13.9. The van der Waals surface area contributed by atoms with Gasteiger partial charge in [0.1, 0.15) is 0 Å². The lowest BCUT2D eigenvalue weighted by molar-refractivity contribution is -0.119. The van der Waals surface area contributed by atoms with Gasteiger partial charge in [0.2, 0.25) is 5.91 Å². The van der Waals surface area contributed by atoms with Gasteiger partial charge in [-0.05, 0) is 55.7 Å². The Balaban J connectivity index is 1.51. The molecule has 1 heterocycles. The van der Waals surface area contributed by atoms with Crippen molar-refractivity contribution in [2.75, 3.05) is 5.75 Å². The van der Waals surface area contributed by atoms with Crippen molar-refractivity contribution < 1.29 is 4.79 Å². The summed E-state index contributed by atoms with van der Waals surface area (Å²) in [4.78, 5) is 12.3. The molecular weight excluding hydrogens is 465 g/mol. The van der Waals surface area contributed by atoms with Crippen LogP contribution < -0.4 is 5.32 Å². The second-order valence-electron chi connectivity index (χ2n) is 6.43. The Labute approximate surface area is 193 Å². The van der Waals surface area contributed by atoms with Crippen molar-refractivity contribution in [3.8, 4) is 5.69 Å². The van der Waals surface area contributed by atoms with Gasteiger partial charge in [-0.15, -0.1) is 5.10 Å². The number of hydrogen-bond acceptors (Lipinski definition) is 5. The highest BCUT2D eigenvalue weighted by molar-refractivity contribution is 8.01. The molecule has 0 fully saturated rings. The van der Waals surface area contributed by atoms with Crippen molar-refractivity contribution in [2.45, 2.75) is 30.1 Å². The molecule has 1 atom stereocenters. The van der Waals surface area contributed by atoms with Gasteiger partial charge >= 0.3 is 0 Å². The molecule has 2 aromatic carbocycles. The van der Waals surface area contributed by atoms with Crippen molar-refractivity contribution >= 4 is 64.4 Å². The van der Waals surface area contributed by atoms with Gasteiger partial charge in [0, 0.05) is 6.04 Å². The molecule has 0 aliphatic heterocycles. The van der Waals surface area contributed by atoms with Crippen LogP contribution in [0.15, 0.2) is 52.9 Å². The van der Waals surface area contributed by atoms with E-state index in [2.05, 4.69) is 22.5 Å². The molecule has 1 unspecified atom stereocenters. The van der Waals surface area contributed by atoms with E-state index < -0.39 is 0 Å². The number of thioether (sulfide) groups is 1. The summed E-state index contributed by atoms with van der Waals surface area (Å²) in [6, 6.07) is 15.6. The van der Waals surface area contributed by atoms with E-state index in [9.17, 15) is 4.79 Å². The Morgan fingerprint density at radius 1 is 1.24 bits per heavy atom. The molecule has 29 heavy (non-hydrogen) atoms. The molecule has 4 nitrogen and oxygen atoms in total. The number of rotatable bonds is 8. The molecule has 0 radical (unpaired) electrons. The average Bonchev–Trinajstić information content (AvgIpc) is 3.08. The molecule has 9 heteroatoms. The van der Waals surface area contributed by atoms with E-state index in [1.54, 1.807) is 22.9 Å². The molecule has 0 bridgehead atoms. The first-order valence-electron chi connectivity index (χ1n) is 8.94. The van der Waals surface area contributed by atoms with Crippen molar-refractivity contribution in [3.05, 3.63) is 68.1 Å². The summed E-state index contributed by atoms with van der Waals surface area (Å²) in [7, 11) is 0. The van der Waals surface area contributed by atoms with Gasteiger partial charge in [0.25, 0.3) is 0 Å². The Morgan fingerprint density at radius 3 is 2.72 bits per heavy atom. The van der Waals surface area contributed by atoms with Gasteiger partial charge in [-0.2, -0.15) is 0 Å². The van der Waals surface area contributed by atoms with Crippen molar-refractivity contribution in [2.24, 2.45) is 0 Å². The highest BCUT2D eigenvalue weighted by Crippen LogP contribution is 2.27. The Hall–Kier alpha value is -1.38. The standard InChI is InChI=1S/C20H19Cl2N3OS3/c1-13(7-8-14-5-3-2-4-6-14)23-18(26)12-28-19-24-25(20(27)29-19)15-9-10-16(21)17(22)11-15/h2-6,9-11,13H,7-8,12H2,1H3,(H,23,26). The maximum absolute atomic E-state index is 12.3. The average molecular weight is 484 g/mol. The molecule has 3 rings (SSSR count). The third-order valence-electron chi connectivity index (χ3n) is 4.12. The van der Waals surface area contributed by atoms with E-state index in [1.807, 2.05) is 25.1 Å². The van der Waals surface area contributed by atoms with E-state index in [0.29, 0.717) is 19.8 Å². The third kappa shape index (κ3) is 6.55. The summed E-state index contributed by atoms with van der Waals surface area (Å²) in [5.41, 5.74) is 2.02. The molecule has 152 valence electrons. The topological polar surface area (TPSA) is 46.9 Å². The molecule has 0 aliphatic rings. The highest BCUT2D eigenvalue weighted by atomic mass is 35.5. The quantitative estimate of drug-likeness (QED) is 0.306. The smallest absolute Gasteiger partial charge is 0.230 e. The molecule has 1 amide bonds. The van der Waals surface area contributed by atoms with E-state index in [-0.39, 0.29) is 11.9 Å². The van der Waals surface area contributed by atoms with Crippen LogP contribution in [0.2, 0.25) is 10.0 Å². The highest BCUT2D eigenvalue weighted by Gasteiger charge is 2.12. The molecule has 3 aromatic rings. The van der Waals surface area contributed by atoms with Crippen LogP contribution >= 0.6 is 58.5 Å². The molecule has 0 aliphatic carbocycles. The van der Waals surface area contributed by atoms with Crippen LogP contribution in [0.4, 0.5) is 0 Å². The van der Waals surface area contributed by atoms with Crippen LogP contribution in [0, 0.1) is 3.95 Å². The minimum absolute atomic E-state index is 0.0160. The largest absolute Gasteiger partial charge is 0.353 e. The maximum Gasteiger partial charge on any atom is 0.230 e. The number of benzene rings is 2. The Bertz CT molecular complexity index is 1040. The summed E-state index contributed by atoms with van der Waals surface area (Å²) in [5.74, 6) is 0.275. The number of aromatic nitrogens is 2. The zero-order valence-electron chi connectivity index (χ0n) is 15.6. The third-order valence-corrected chi connectivity index (χ3v) is 7.22. The fourth-order valence-electron chi connectivity index (χ4n) is 2.64. The number of nitrogens with zero attached hydrogens (tertiary/aromatic N) is 2. The Kier molecular flexibility index (Phi) is 8.15. The zero-order valence-corrected chi connectivity index (χ0v) is 19.6. The van der Waals surface area contributed by atoms with E-state index in [0.717, 1.165) is 22.9 Å². The number of amides is 1.